The molecule has 0 aromatic heterocycles. The van der Waals surface area contributed by atoms with Gasteiger partial charge in [0, 0.05) is 3.58 Å². The standard InChI is InChI=1S/C15H11IN2OS/c1-9-3-2-4-11(7-9)18-14(19)12-8-10(16)5-6-13(12)17-15(18)20/h2-8,12H,1H3. The highest BCUT2D eigenvalue weighted by Crippen LogP contribution is 2.28. The van der Waals surface area contributed by atoms with Crippen molar-refractivity contribution in [1.82, 2.24) is 0 Å². The first-order chi connectivity index (χ1) is 9.56. The topological polar surface area (TPSA) is 32.7 Å². The van der Waals surface area contributed by atoms with Crippen LogP contribution in [-0.4, -0.2) is 16.7 Å². The molecule has 1 amide bonds. The summed E-state index contributed by atoms with van der Waals surface area (Å²) in [4.78, 5) is 18.6. The van der Waals surface area contributed by atoms with Gasteiger partial charge in [-0.05, 0) is 71.6 Å². The Balaban J connectivity index is 2.06. The SMILES string of the molecule is Cc1cccc(N2C(=O)C3C=C(I)C=CC3=NC2=S)c1. The molecule has 0 saturated carbocycles. The fourth-order valence-electron chi connectivity index (χ4n) is 2.27. The third-order valence-corrected chi connectivity index (χ3v) is 4.21. The Kier molecular flexibility index (Phi) is 3.55. The molecule has 3 rings (SSSR count). The predicted octanol–water partition coefficient (Wildman–Crippen LogP) is 3.57. The molecule has 2 aliphatic rings. The molecule has 1 aromatic rings. The molecule has 20 heavy (non-hydrogen) atoms. The maximum atomic E-state index is 12.7. The minimum atomic E-state index is -0.334. The van der Waals surface area contributed by atoms with Crippen LogP contribution < -0.4 is 4.90 Å². The Labute approximate surface area is 136 Å². The van der Waals surface area contributed by atoms with Gasteiger partial charge in [-0.3, -0.25) is 9.69 Å². The lowest BCUT2D eigenvalue weighted by atomic mass is 9.95. The fourth-order valence-corrected chi connectivity index (χ4v) is 3.11. The number of aliphatic imine (C=N–C) groups is 1. The molecular weight excluding hydrogens is 383 g/mol. The van der Waals surface area contributed by atoms with Gasteiger partial charge >= 0.3 is 0 Å². The number of amides is 1. The van der Waals surface area contributed by atoms with E-state index < -0.39 is 0 Å². The summed E-state index contributed by atoms with van der Waals surface area (Å²) in [6.07, 6.45) is 5.73. The summed E-state index contributed by atoms with van der Waals surface area (Å²) in [6.45, 7) is 1.99. The van der Waals surface area contributed by atoms with E-state index >= 15 is 0 Å². The largest absolute Gasteiger partial charge is 0.273 e. The Bertz CT molecular complexity index is 706. The van der Waals surface area contributed by atoms with Crippen LogP contribution in [0.25, 0.3) is 0 Å². The number of carbonyl (C=O) groups is 1. The highest BCUT2D eigenvalue weighted by atomic mass is 127. The molecule has 100 valence electrons. The number of fused-ring (bicyclic) bond motifs is 1. The van der Waals surface area contributed by atoms with Crippen molar-refractivity contribution in [2.24, 2.45) is 10.9 Å². The molecule has 5 heteroatoms. The fraction of sp³-hybridized carbons (Fsp3) is 0.133. The van der Waals surface area contributed by atoms with Gasteiger partial charge < -0.3 is 0 Å². The van der Waals surface area contributed by atoms with Crippen molar-refractivity contribution >= 4 is 57.2 Å². The molecule has 1 aliphatic heterocycles. The number of hydrogen-bond donors (Lipinski definition) is 0. The van der Waals surface area contributed by atoms with E-state index in [2.05, 4.69) is 27.6 Å². The van der Waals surface area contributed by atoms with Gasteiger partial charge in [0.05, 0.1) is 11.4 Å². The second kappa shape index (κ2) is 5.21. The molecule has 1 atom stereocenters. The van der Waals surface area contributed by atoms with Gasteiger partial charge in [-0.1, -0.05) is 18.2 Å². The minimum Gasteiger partial charge on any atom is -0.273 e. The van der Waals surface area contributed by atoms with Gasteiger partial charge in [-0.15, -0.1) is 0 Å². The summed E-state index contributed by atoms with van der Waals surface area (Å²) in [6, 6.07) is 7.73. The van der Waals surface area contributed by atoms with Gasteiger partial charge in [0.25, 0.3) is 0 Å². The van der Waals surface area contributed by atoms with E-state index in [-0.39, 0.29) is 11.8 Å². The van der Waals surface area contributed by atoms with Crippen LogP contribution in [0.4, 0.5) is 5.69 Å². The Morgan fingerprint density at radius 2 is 2.15 bits per heavy atom. The lowest BCUT2D eigenvalue weighted by molar-refractivity contribution is -0.118. The number of allylic oxidation sites excluding steroid dienone is 3. The number of anilines is 1. The van der Waals surface area contributed by atoms with Crippen molar-refractivity contribution in [2.45, 2.75) is 6.92 Å². The van der Waals surface area contributed by atoms with Gasteiger partial charge in [0.15, 0.2) is 0 Å². The highest BCUT2D eigenvalue weighted by molar-refractivity contribution is 14.1. The molecule has 3 nitrogen and oxygen atoms in total. The van der Waals surface area contributed by atoms with Gasteiger partial charge in [-0.25, -0.2) is 4.99 Å². The van der Waals surface area contributed by atoms with Crippen LogP contribution in [0.15, 0.2) is 51.1 Å². The average molecular weight is 394 g/mol. The molecular formula is C15H11IN2OS. The summed E-state index contributed by atoms with van der Waals surface area (Å²) >= 11 is 7.49. The molecule has 1 heterocycles. The van der Waals surface area contributed by atoms with Gasteiger partial charge in [-0.2, -0.15) is 0 Å². The van der Waals surface area contributed by atoms with Crippen LogP contribution in [-0.2, 0) is 4.79 Å². The zero-order valence-corrected chi connectivity index (χ0v) is 13.7. The molecule has 1 aromatic carbocycles. The van der Waals surface area contributed by atoms with Crippen molar-refractivity contribution in [1.29, 1.82) is 0 Å². The van der Waals surface area contributed by atoms with E-state index in [9.17, 15) is 4.79 Å². The van der Waals surface area contributed by atoms with E-state index in [1.165, 1.54) is 4.90 Å². The summed E-state index contributed by atoms with van der Waals surface area (Å²) in [7, 11) is 0. The van der Waals surface area contributed by atoms with Crippen LogP contribution in [0.2, 0.25) is 0 Å². The first-order valence-corrected chi connectivity index (χ1v) is 7.63. The van der Waals surface area contributed by atoms with E-state index in [1.807, 2.05) is 49.4 Å². The number of aryl methyl sites for hydroxylation is 1. The molecule has 0 N–H and O–H groups in total. The molecule has 0 saturated heterocycles. The van der Waals surface area contributed by atoms with Crippen LogP contribution in [0.1, 0.15) is 5.56 Å². The first kappa shape index (κ1) is 13.6. The number of thiocarbonyl (C=S) groups is 1. The normalized spacial score (nSPS) is 21.5. The molecule has 1 unspecified atom stereocenters. The summed E-state index contributed by atoms with van der Waals surface area (Å²) < 4.78 is 1.04. The van der Waals surface area contributed by atoms with Crippen LogP contribution >= 0.6 is 34.8 Å². The first-order valence-electron chi connectivity index (χ1n) is 6.15. The second-order valence-electron chi connectivity index (χ2n) is 4.69. The van der Waals surface area contributed by atoms with Crippen LogP contribution in [0.5, 0.6) is 0 Å². The van der Waals surface area contributed by atoms with Crippen LogP contribution in [0, 0.1) is 12.8 Å². The summed E-state index contributed by atoms with van der Waals surface area (Å²) in [5.74, 6) is -0.372. The van der Waals surface area contributed by atoms with E-state index in [0.29, 0.717) is 5.11 Å². The highest BCUT2D eigenvalue weighted by Gasteiger charge is 2.35. The number of carbonyl (C=O) groups excluding carboxylic acids is 1. The molecule has 0 radical (unpaired) electrons. The predicted molar refractivity (Wildman–Crippen MR) is 93.4 cm³/mol. The summed E-state index contributed by atoms with van der Waals surface area (Å²) in [5, 5.41) is 0.307. The zero-order chi connectivity index (χ0) is 14.3. The molecule has 1 aliphatic carbocycles. The Morgan fingerprint density at radius 3 is 2.90 bits per heavy atom. The number of halogens is 1. The van der Waals surface area contributed by atoms with Crippen molar-refractivity contribution < 1.29 is 4.79 Å². The van der Waals surface area contributed by atoms with Gasteiger partial charge in [0.1, 0.15) is 5.92 Å². The van der Waals surface area contributed by atoms with Crippen molar-refractivity contribution in [3.8, 4) is 0 Å². The maximum absolute atomic E-state index is 12.7. The van der Waals surface area contributed by atoms with Crippen molar-refractivity contribution in [3.63, 3.8) is 0 Å². The number of nitrogens with zero attached hydrogens (tertiary/aromatic N) is 2. The smallest absolute Gasteiger partial charge is 0.246 e. The number of benzene rings is 1. The zero-order valence-electron chi connectivity index (χ0n) is 10.7. The molecule has 0 fully saturated rings. The number of rotatable bonds is 1. The van der Waals surface area contributed by atoms with E-state index in [0.717, 1.165) is 20.5 Å². The third kappa shape index (κ3) is 2.35. The van der Waals surface area contributed by atoms with Gasteiger partial charge in [0.2, 0.25) is 11.0 Å². The minimum absolute atomic E-state index is 0.0379. The lowest BCUT2D eigenvalue weighted by Crippen LogP contribution is -2.46. The second-order valence-corrected chi connectivity index (χ2v) is 6.31. The maximum Gasteiger partial charge on any atom is 0.246 e. The monoisotopic (exact) mass is 394 g/mol. The van der Waals surface area contributed by atoms with Crippen molar-refractivity contribution in [3.05, 3.63) is 51.6 Å². The molecule has 0 bridgehead atoms. The Morgan fingerprint density at radius 1 is 1.35 bits per heavy atom. The van der Waals surface area contributed by atoms with Crippen LogP contribution in [0.3, 0.4) is 0 Å². The van der Waals surface area contributed by atoms with Crippen molar-refractivity contribution in [2.75, 3.05) is 4.90 Å². The lowest BCUT2D eigenvalue weighted by Gasteiger charge is -2.30. The Hall–Kier alpha value is -1.34. The van der Waals surface area contributed by atoms with E-state index in [1.54, 1.807) is 0 Å². The quantitative estimate of drug-likeness (QED) is 0.539. The average Bonchev–Trinajstić information content (AvgIpc) is 2.40. The summed E-state index contributed by atoms with van der Waals surface area (Å²) in [5.41, 5.74) is 2.59. The third-order valence-electron chi connectivity index (χ3n) is 3.22. The number of hydrogen-bond acceptors (Lipinski definition) is 2. The molecule has 0 spiro atoms. The van der Waals surface area contributed by atoms with E-state index in [4.69, 9.17) is 12.2 Å².